The summed E-state index contributed by atoms with van der Waals surface area (Å²) in [6, 6.07) is 15.3. The van der Waals surface area contributed by atoms with Gasteiger partial charge < -0.3 is 10.5 Å². The first-order valence-electron chi connectivity index (χ1n) is 8.99. The standard InChI is InChI=1S/C21H27NO3S/c1-4-16-7-9-17(10-8-16)19-20(21(19,13-22)14-25-3)26(23,24)18-11-5-15(2)6-12-18/h5-12,19-20H,4,13-14,22H2,1-3H3/t19-,20-,21-/m1/s1. The second kappa shape index (κ2) is 7.14. The van der Waals surface area contributed by atoms with Crippen LogP contribution in [0.2, 0.25) is 0 Å². The number of rotatable bonds is 7. The molecule has 2 aromatic rings. The molecule has 0 unspecified atom stereocenters. The lowest BCUT2D eigenvalue weighted by Crippen LogP contribution is -2.28. The van der Waals surface area contributed by atoms with Gasteiger partial charge in [-0.1, -0.05) is 48.9 Å². The van der Waals surface area contributed by atoms with Crippen LogP contribution in [0.3, 0.4) is 0 Å². The molecule has 0 aromatic heterocycles. The summed E-state index contributed by atoms with van der Waals surface area (Å²) in [5.74, 6) is -0.148. The zero-order valence-corrected chi connectivity index (χ0v) is 16.4. The first-order valence-corrected chi connectivity index (χ1v) is 10.5. The van der Waals surface area contributed by atoms with Crippen molar-refractivity contribution in [2.24, 2.45) is 11.1 Å². The minimum absolute atomic E-state index is 0.148. The minimum atomic E-state index is -3.50. The van der Waals surface area contributed by atoms with Crippen LogP contribution >= 0.6 is 0 Å². The zero-order valence-electron chi connectivity index (χ0n) is 15.6. The molecule has 1 fully saturated rings. The number of ether oxygens (including phenoxy) is 1. The lowest BCUT2D eigenvalue weighted by Gasteiger charge is -2.15. The Morgan fingerprint density at radius 1 is 1.08 bits per heavy atom. The molecule has 0 radical (unpaired) electrons. The van der Waals surface area contributed by atoms with Gasteiger partial charge in [0.15, 0.2) is 9.84 Å². The molecule has 3 rings (SSSR count). The van der Waals surface area contributed by atoms with Crippen LogP contribution in [0, 0.1) is 12.3 Å². The number of nitrogens with two attached hydrogens (primary N) is 1. The maximum Gasteiger partial charge on any atom is 0.182 e. The number of sulfone groups is 1. The summed E-state index contributed by atoms with van der Waals surface area (Å²) in [4.78, 5) is 0.356. The Morgan fingerprint density at radius 2 is 1.69 bits per heavy atom. The van der Waals surface area contributed by atoms with E-state index in [1.165, 1.54) is 5.56 Å². The van der Waals surface area contributed by atoms with Crippen molar-refractivity contribution in [2.75, 3.05) is 20.3 Å². The van der Waals surface area contributed by atoms with E-state index in [1.807, 2.05) is 31.2 Å². The lowest BCUT2D eigenvalue weighted by molar-refractivity contribution is 0.142. The smallest absolute Gasteiger partial charge is 0.182 e. The van der Waals surface area contributed by atoms with Crippen LogP contribution in [0.15, 0.2) is 53.4 Å². The van der Waals surface area contributed by atoms with E-state index in [9.17, 15) is 8.42 Å². The number of methoxy groups -OCH3 is 1. The molecule has 26 heavy (non-hydrogen) atoms. The van der Waals surface area contributed by atoms with Crippen molar-refractivity contribution in [3.8, 4) is 0 Å². The van der Waals surface area contributed by atoms with Crippen LogP contribution in [0.1, 0.15) is 29.5 Å². The fourth-order valence-electron chi connectivity index (χ4n) is 4.03. The van der Waals surface area contributed by atoms with Gasteiger partial charge in [-0.15, -0.1) is 0 Å². The molecule has 140 valence electrons. The van der Waals surface area contributed by atoms with E-state index >= 15 is 0 Å². The van der Waals surface area contributed by atoms with Gasteiger partial charge in [0.25, 0.3) is 0 Å². The Hall–Kier alpha value is -1.69. The lowest BCUT2D eigenvalue weighted by atomic mass is 9.99. The summed E-state index contributed by atoms with van der Waals surface area (Å²) < 4.78 is 32.1. The van der Waals surface area contributed by atoms with Crippen molar-refractivity contribution >= 4 is 9.84 Å². The van der Waals surface area contributed by atoms with Gasteiger partial charge in [-0.05, 0) is 36.6 Å². The molecule has 0 heterocycles. The Labute approximate surface area is 156 Å². The molecular weight excluding hydrogens is 346 g/mol. The van der Waals surface area contributed by atoms with Gasteiger partial charge in [0.2, 0.25) is 0 Å². The average molecular weight is 374 g/mol. The Bertz CT molecular complexity index is 859. The maximum atomic E-state index is 13.4. The van der Waals surface area contributed by atoms with Gasteiger partial charge in [-0.25, -0.2) is 8.42 Å². The van der Waals surface area contributed by atoms with Crippen molar-refractivity contribution < 1.29 is 13.2 Å². The van der Waals surface area contributed by atoms with Gasteiger partial charge in [0.05, 0.1) is 16.8 Å². The van der Waals surface area contributed by atoms with Crippen LogP contribution in [0.4, 0.5) is 0 Å². The predicted octanol–water partition coefficient (Wildman–Crippen LogP) is 3.09. The monoisotopic (exact) mass is 373 g/mol. The molecule has 1 aliphatic carbocycles. The highest BCUT2D eigenvalue weighted by molar-refractivity contribution is 7.92. The number of benzene rings is 2. The summed E-state index contributed by atoms with van der Waals surface area (Å²) in [6.07, 6.45) is 0.955. The van der Waals surface area contributed by atoms with E-state index < -0.39 is 20.5 Å². The highest BCUT2D eigenvalue weighted by Gasteiger charge is 2.70. The molecule has 1 saturated carbocycles. The quantitative estimate of drug-likeness (QED) is 0.810. The molecule has 5 heteroatoms. The van der Waals surface area contributed by atoms with Gasteiger partial charge in [-0.3, -0.25) is 0 Å². The summed E-state index contributed by atoms with van der Waals surface area (Å²) in [5, 5.41) is -0.560. The first-order chi connectivity index (χ1) is 12.4. The van der Waals surface area contributed by atoms with Gasteiger partial charge in [-0.2, -0.15) is 0 Å². The molecule has 0 saturated heterocycles. The molecule has 4 nitrogen and oxygen atoms in total. The second-order valence-corrected chi connectivity index (χ2v) is 9.29. The maximum absolute atomic E-state index is 13.4. The molecular formula is C21H27NO3S. The van der Waals surface area contributed by atoms with Crippen LogP contribution in [-0.2, 0) is 21.0 Å². The van der Waals surface area contributed by atoms with Crippen LogP contribution in [0.5, 0.6) is 0 Å². The van der Waals surface area contributed by atoms with Gasteiger partial charge in [0.1, 0.15) is 0 Å². The van der Waals surface area contributed by atoms with Gasteiger partial charge >= 0.3 is 0 Å². The van der Waals surface area contributed by atoms with Crippen molar-refractivity contribution in [3.63, 3.8) is 0 Å². The number of hydrogen-bond acceptors (Lipinski definition) is 4. The fraction of sp³-hybridized carbons (Fsp3) is 0.429. The summed E-state index contributed by atoms with van der Waals surface area (Å²) in [5.41, 5.74) is 8.79. The molecule has 0 amide bonds. The summed E-state index contributed by atoms with van der Waals surface area (Å²) in [7, 11) is -1.90. The largest absolute Gasteiger partial charge is 0.384 e. The van der Waals surface area contributed by atoms with Crippen LogP contribution in [0.25, 0.3) is 0 Å². The summed E-state index contributed by atoms with van der Waals surface area (Å²) >= 11 is 0. The third-order valence-electron chi connectivity index (χ3n) is 5.60. The predicted molar refractivity (Wildman–Crippen MR) is 104 cm³/mol. The Kier molecular flexibility index (Phi) is 5.24. The molecule has 0 aliphatic heterocycles. The van der Waals surface area contributed by atoms with Crippen LogP contribution in [-0.4, -0.2) is 33.9 Å². The Morgan fingerprint density at radius 3 is 2.19 bits per heavy atom. The summed E-state index contributed by atoms with van der Waals surface area (Å²) in [6.45, 7) is 4.66. The third kappa shape index (κ3) is 3.08. The molecule has 2 N–H and O–H groups in total. The number of aryl methyl sites for hydroxylation is 2. The van der Waals surface area contributed by atoms with E-state index in [0.29, 0.717) is 11.5 Å². The second-order valence-electron chi connectivity index (χ2n) is 7.22. The molecule has 0 bridgehead atoms. The van der Waals surface area contributed by atoms with Crippen molar-refractivity contribution in [1.29, 1.82) is 0 Å². The van der Waals surface area contributed by atoms with E-state index in [0.717, 1.165) is 17.5 Å². The SMILES string of the molecule is CCc1ccc([C@@H]2[C@@H](S(=O)(=O)c3ccc(C)cc3)[C@]2(CN)COC)cc1. The van der Waals surface area contributed by atoms with Crippen molar-refractivity contribution in [2.45, 2.75) is 36.3 Å². The molecule has 2 aromatic carbocycles. The Balaban J connectivity index is 2.03. The van der Waals surface area contributed by atoms with Crippen molar-refractivity contribution in [3.05, 3.63) is 65.2 Å². The molecule has 3 atom stereocenters. The zero-order chi connectivity index (χ0) is 18.9. The van der Waals surface area contributed by atoms with Crippen molar-refractivity contribution in [1.82, 2.24) is 0 Å². The van der Waals surface area contributed by atoms with E-state index in [2.05, 4.69) is 19.1 Å². The van der Waals surface area contributed by atoms with E-state index in [4.69, 9.17) is 10.5 Å². The van der Waals surface area contributed by atoms with Gasteiger partial charge in [0, 0.05) is 25.0 Å². The minimum Gasteiger partial charge on any atom is -0.384 e. The third-order valence-corrected chi connectivity index (χ3v) is 7.94. The van der Waals surface area contributed by atoms with E-state index in [-0.39, 0.29) is 12.5 Å². The first kappa shape index (κ1) is 19.1. The normalized spacial score (nSPS) is 25.2. The fourth-order valence-corrected chi connectivity index (χ4v) is 6.47. The molecule has 1 aliphatic rings. The average Bonchev–Trinajstić information content (AvgIpc) is 3.32. The highest BCUT2D eigenvalue weighted by atomic mass is 32.2. The number of hydrogen-bond donors (Lipinski definition) is 1. The topological polar surface area (TPSA) is 69.4 Å². The van der Waals surface area contributed by atoms with Crippen LogP contribution < -0.4 is 5.73 Å². The molecule has 0 spiro atoms. The van der Waals surface area contributed by atoms with E-state index in [1.54, 1.807) is 19.2 Å². The highest BCUT2D eigenvalue weighted by Crippen LogP contribution is 2.63.